The number of benzene rings is 1. The zero-order valence-electron chi connectivity index (χ0n) is 10.6. The van der Waals surface area contributed by atoms with E-state index in [0.29, 0.717) is 0 Å². The minimum absolute atomic E-state index is 0.00420. The average molecular weight is 252 g/mol. The Kier molecular flexibility index (Phi) is 4.79. The Hall–Kier alpha value is -1.95. The number of ether oxygens (including phenoxy) is 1. The molecule has 0 spiro atoms. The molecular formula is C12H16N2O4. The summed E-state index contributed by atoms with van der Waals surface area (Å²) in [6.45, 7) is 1.81. The predicted molar refractivity (Wildman–Crippen MR) is 66.2 cm³/mol. The second-order valence-corrected chi connectivity index (χ2v) is 3.97. The molecule has 1 rings (SSSR count). The Morgan fingerprint density at radius 2 is 2.22 bits per heavy atom. The maximum absolute atomic E-state index is 11.6. The number of rotatable bonds is 5. The van der Waals surface area contributed by atoms with Gasteiger partial charge < -0.3 is 9.64 Å². The van der Waals surface area contributed by atoms with E-state index in [2.05, 4.69) is 0 Å². The number of carbonyl (C=O) groups excluding carboxylic acids is 1. The molecule has 1 unspecified atom stereocenters. The Morgan fingerprint density at radius 1 is 1.56 bits per heavy atom. The fourth-order valence-electron chi connectivity index (χ4n) is 1.56. The van der Waals surface area contributed by atoms with E-state index in [0.717, 1.165) is 5.56 Å². The van der Waals surface area contributed by atoms with Crippen molar-refractivity contribution in [3.8, 4) is 0 Å². The largest absolute Gasteiger partial charge is 0.375 e. The molecule has 0 heterocycles. The molecule has 0 radical (unpaired) electrons. The van der Waals surface area contributed by atoms with Crippen LogP contribution < -0.4 is 0 Å². The summed E-state index contributed by atoms with van der Waals surface area (Å²) in [5.74, 6) is -0.170. The van der Waals surface area contributed by atoms with E-state index in [-0.39, 0.29) is 24.2 Å². The molecule has 0 N–H and O–H groups in total. The highest BCUT2D eigenvalue weighted by atomic mass is 16.6. The number of nitro benzene ring substituents is 1. The molecule has 1 atom stereocenters. The summed E-state index contributed by atoms with van der Waals surface area (Å²) in [7, 11) is 3.09. The van der Waals surface area contributed by atoms with Crippen LogP contribution >= 0.6 is 0 Å². The van der Waals surface area contributed by atoms with Gasteiger partial charge in [0.1, 0.15) is 6.61 Å². The van der Waals surface area contributed by atoms with E-state index in [4.69, 9.17) is 4.74 Å². The van der Waals surface area contributed by atoms with Gasteiger partial charge in [-0.3, -0.25) is 14.9 Å². The van der Waals surface area contributed by atoms with Gasteiger partial charge in [0.25, 0.3) is 5.69 Å². The van der Waals surface area contributed by atoms with E-state index in [1.807, 2.05) is 6.92 Å². The summed E-state index contributed by atoms with van der Waals surface area (Å²) in [5, 5.41) is 10.7. The fourth-order valence-corrected chi connectivity index (χ4v) is 1.56. The molecule has 0 bridgehead atoms. The molecule has 0 aromatic heterocycles. The number of nitro groups is 1. The van der Waals surface area contributed by atoms with Gasteiger partial charge in [0.15, 0.2) is 0 Å². The third kappa shape index (κ3) is 3.27. The van der Waals surface area contributed by atoms with Crippen LogP contribution in [-0.4, -0.2) is 36.5 Å². The molecule has 0 aliphatic carbocycles. The molecule has 6 heteroatoms. The van der Waals surface area contributed by atoms with Crippen LogP contribution in [0.2, 0.25) is 0 Å². The number of non-ortho nitro benzene ring substituents is 1. The number of methoxy groups -OCH3 is 1. The quantitative estimate of drug-likeness (QED) is 0.591. The number of hydrogen-bond donors (Lipinski definition) is 0. The van der Waals surface area contributed by atoms with Gasteiger partial charge in [-0.1, -0.05) is 12.1 Å². The first-order chi connectivity index (χ1) is 8.47. The average Bonchev–Trinajstić information content (AvgIpc) is 2.37. The lowest BCUT2D eigenvalue weighted by molar-refractivity contribution is -0.384. The highest BCUT2D eigenvalue weighted by Crippen LogP contribution is 2.22. The number of carbonyl (C=O) groups is 1. The van der Waals surface area contributed by atoms with Crippen molar-refractivity contribution in [2.75, 3.05) is 20.8 Å². The molecule has 1 amide bonds. The van der Waals surface area contributed by atoms with Crippen LogP contribution in [0.25, 0.3) is 0 Å². The molecule has 1 aromatic carbocycles. The predicted octanol–water partition coefficient (Wildman–Crippen LogP) is 1.76. The minimum atomic E-state index is -0.451. The first-order valence-electron chi connectivity index (χ1n) is 5.46. The summed E-state index contributed by atoms with van der Waals surface area (Å²) in [6.07, 6.45) is 0. The number of nitrogens with zero attached hydrogens (tertiary/aromatic N) is 2. The second kappa shape index (κ2) is 6.11. The van der Waals surface area contributed by atoms with Crippen LogP contribution in [0.4, 0.5) is 5.69 Å². The van der Waals surface area contributed by atoms with Crippen LogP contribution in [0.1, 0.15) is 18.5 Å². The van der Waals surface area contributed by atoms with Crippen molar-refractivity contribution in [2.24, 2.45) is 0 Å². The molecule has 0 aliphatic rings. The Balaban J connectivity index is 2.89. The first-order valence-corrected chi connectivity index (χ1v) is 5.46. The smallest absolute Gasteiger partial charge is 0.269 e. The summed E-state index contributed by atoms with van der Waals surface area (Å²) in [5.41, 5.74) is 0.739. The molecule has 6 nitrogen and oxygen atoms in total. The third-order valence-electron chi connectivity index (χ3n) is 2.81. The third-order valence-corrected chi connectivity index (χ3v) is 2.81. The topological polar surface area (TPSA) is 72.7 Å². The van der Waals surface area contributed by atoms with Crippen molar-refractivity contribution in [1.29, 1.82) is 0 Å². The Bertz CT molecular complexity index is 447. The van der Waals surface area contributed by atoms with Gasteiger partial charge in [0.2, 0.25) is 5.91 Å². The van der Waals surface area contributed by atoms with Gasteiger partial charge in [-0.05, 0) is 12.5 Å². The molecule has 0 fully saturated rings. The first kappa shape index (κ1) is 14.1. The second-order valence-electron chi connectivity index (χ2n) is 3.97. The standard InChI is InChI=1S/C12H16N2O4/c1-9(13(2)12(15)8-18-3)10-5-4-6-11(7-10)14(16)17/h4-7,9H,8H2,1-3H3. The highest BCUT2D eigenvalue weighted by molar-refractivity contribution is 5.77. The normalized spacial score (nSPS) is 11.9. The number of amides is 1. The van der Waals surface area contributed by atoms with Crippen molar-refractivity contribution in [3.05, 3.63) is 39.9 Å². The van der Waals surface area contributed by atoms with Gasteiger partial charge in [-0.25, -0.2) is 0 Å². The van der Waals surface area contributed by atoms with Gasteiger partial charge in [0.05, 0.1) is 11.0 Å². The van der Waals surface area contributed by atoms with Crippen LogP contribution in [-0.2, 0) is 9.53 Å². The van der Waals surface area contributed by atoms with Crippen LogP contribution in [0.5, 0.6) is 0 Å². The lowest BCUT2D eigenvalue weighted by Crippen LogP contribution is -2.32. The van der Waals surface area contributed by atoms with Crippen molar-refractivity contribution in [1.82, 2.24) is 4.90 Å². The van der Waals surface area contributed by atoms with Crippen LogP contribution in [0, 0.1) is 10.1 Å². The summed E-state index contributed by atoms with van der Waals surface area (Å²) >= 11 is 0. The lowest BCUT2D eigenvalue weighted by Gasteiger charge is -2.24. The van der Waals surface area contributed by atoms with Gasteiger partial charge in [-0.15, -0.1) is 0 Å². The van der Waals surface area contributed by atoms with E-state index in [9.17, 15) is 14.9 Å². The zero-order chi connectivity index (χ0) is 13.7. The molecule has 1 aromatic rings. The van der Waals surface area contributed by atoms with E-state index in [1.54, 1.807) is 19.2 Å². The number of hydrogen-bond acceptors (Lipinski definition) is 4. The van der Waals surface area contributed by atoms with Crippen LogP contribution in [0.3, 0.4) is 0 Å². The van der Waals surface area contributed by atoms with Gasteiger partial charge in [-0.2, -0.15) is 0 Å². The maximum atomic E-state index is 11.6. The van der Waals surface area contributed by atoms with Gasteiger partial charge >= 0.3 is 0 Å². The molecule has 0 saturated heterocycles. The summed E-state index contributed by atoms with van der Waals surface area (Å²) < 4.78 is 4.77. The molecule has 0 saturated carbocycles. The van der Waals surface area contributed by atoms with Crippen LogP contribution in [0.15, 0.2) is 24.3 Å². The molecule has 98 valence electrons. The monoisotopic (exact) mass is 252 g/mol. The van der Waals surface area contributed by atoms with Crippen molar-refractivity contribution >= 4 is 11.6 Å². The van der Waals surface area contributed by atoms with Crippen molar-refractivity contribution in [2.45, 2.75) is 13.0 Å². The minimum Gasteiger partial charge on any atom is -0.375 e. The molecule has 0 aliphatic heterocycles. The van der Waals surface area contributed by atoms with Crippen molar-refractivity contribution < 1.29 is 14.5 Å². The SMILES string of the molecule is COCC(=O)N(C)C(C)c1cccc([N+](=O)[O-])c1. The summed E-state index contributed by atoms with van der Waals surface area (Å²) in [6, 6.07) is 6.02. The molecule has 18 heavy (non-hydrogen) atoms. The van der Waals surface area contributed by atoms with E-state index >= 15 is 0 Å². The fraction of sp³-hybridized carbons (Fsp3) is 0.417. The highest BCUT2D eigenvalue weighted by Gasteiger charge is 2.18. The lowest BCUT2D eigenvalue weighted by atomic mass is 10.1. The van der Waals surface area contributed by atoms with Crippen molar-refractivity contribution in [3.63, 3.8) is 0 Å². The Labute approximate surface area is 105 Å². The van der Waals surface area contributed by atoms with E-state index < -0.39 is 4.92 Å². The maximum Gasteiger partial charge on any atom is 0.269 e. The summed E-state index contributed by atoms with van der Waals surface area (Å²) in [4.78, 5) is 23.4. The van der Waals surface area contributed by atoms with E-state index in [1.165, 1.54) is 24.1 Å². The number of likely N-dealkylation sites (N-methyl/N-ethyl adjacent to an activating group) is 1. The Morgan fingerprint density at radius 3 is 2.78 bits per heavy atom. The zero-order valence-corrected chi connectivity index (χ0v) is 10.6. The van der Waals surface area contributed by atoms with Gasteiger partial charge in [0, 0.05) is 26.3 Å². The molecular weight excluding hydrogens is 236 g/mol.